The van der Waals surface area contributed by atoms with E-state index in [1.807, 2.05) is 45.7 Å². The molecule has 2 N–H and O–H groups in total. The Labute approximate surface area is 203 Å². The summed E-state index contributed by atoms with van der Waals surface area (Å²) in [5.41, 5.74) is 9.81. The monoisotopic (exact) mass is 464 g/mol. The first-order valence-corrected chi connectivity index (χ1v) is 11.4. The summed E-state index contributed by atoms with van der Waals surface area (Å²) in [7, 11) is 4.08. The molecule has 0 spiro atoms. The van der Waals surface area contributed by atoms with Gasteiger partial charge < -0.3 is 14.3 Å². The van der Waals surface area contributed by atoms with E-state index < -0.39 is 0 Å². The first kappa shape index (κ1) is 22.4. The van der Waals surface area contributed by atoms with Crippen molar-refractivity contribution < 1.29 is 4.42 Å². The fourth-order valence-electron chi connectivity index (χ4n) is 3.99. The number of fused-ring (bicyclic) bond motifs is 2. The van der Waals surface area contributed by atoms with E-state index in [-0.39, 0.29) is 0 Å². The lowest BCUT2D eigenvalue weighted by molar-refractivity contribution is 0.514. The van der Waals surface area contributed by atoms with Crippen molar-refractivity contribution in [2.75, 3.05) is 14.1 Å². The quantitative estimate of drug-likeness (QED) is 0.210. The van der Waals surface area contributed by atoms with Gasteiger partial charge in [0.1, 0.15) is 0 Å². The molecule has 5 heterocycles. The summed E-state index contributed by atoms with van der Waals surface area (Å²) in [5, 5.41) is 9.65. The maximum Gasteiger partial charge on any atom is 0.181 e. The Morgan fingerprint density at radius 2 is 2.00 bits per heavy atom. The van der Waals surface area contributed by atoms with Gasteiger partial charge in [0.2, 0.25) is 0 Å². The van der Waals surface area contributed by atoms with Gasteiger partial charge in [-0.1, -0.05) is 18.2 Å². The Morgan fingerprint density at radius 3 is 2.74 bits per heavy atom. The van der Waals surface area contributed by atoms with Crippen LogP contribution in [0.1, 0.15) is 25.8 Å². The van der Waals surface area contributed by atoms with Crippen molar-refractivity contribution in [1.29, 1.82) is 0 Å². The Hall–Kier alpha value is -4.39. The summed E-state index contributed by atoms with van der Waals surface area (Å²) < 4.78 is 5.29. The van der Waals surface area contributed by atoms with E-state index in [1.165, 1.54) is 0 Å². The molecule has 0 unspecified atom stereocenters. The number of allylic oxidation sites excluding steroid dienone is 5. The van der Waals surface area contributed by atoms with Gasteiger partial charge in [-0.2, -0.15) is 5.10 Å². The molecule has 0 saturated heterocycles. The number of hydrogen-bond donors (Lipinski definition) is 2. The topological polar surface area (TPSA) is 86.6 Å². The number of nitrogens with one attached hydrogen (secondary N) is 2. The molecule has 5 aromatic heterocycles. The smallest absolute Gasteiger partial charge is 0.181 e. The number of pyridine rings is 2. The molecule has 0 bridgehead atoms. The molecule has 35 heavy (non-hydrogen) atoms. The van der Waals surface area contributed by atoms with Gasteiger partial charge in [-0.05, 0) is 50.1 Å². The number of nitrogens with zero attached hydrogens (tertiary/aromatic N) is 4. The van der Waals surface area contributed by atoms with Gasteiger partial charge >= 0.3 is 0 Å². The van der Waals surface area contributed by atoms with Crippen LogP contribution in [0.25, 0.3) is 50.0 Å². The fraction of sp³-hybridized carbons (Fsp3) is 0.179. The van der Waals surface area contributed by atoms with Gasteiger partial charge in [-0.3, -0.25) is 10.1 Å². The highest BCUT2D eigenvalue weighted by Crippen LogP contribution is 2.34. The minimum absolute atomic E-state index is 0.670. The second kappa shape index (κ2) is 9.10. The first-order chi connectivity index (χ1) is 16.9. The molecule has 7 nitrogen and oxygen atoms in total. The van der Waals surface area contributed by atoms with Crippen LogP contribution in [0.15, 0.2) is 83.7 Å². The van der Waals surface area contributed by atoms with E-state index in [9.17, 15) is 0 Å². The first-order valence-electron chi connectivity index (χ1n) is 11.4. The van der Waals surface area contributed by atoms with Crippen molar-refractivity contribution in [2.24, 2.45) is 0 Å². The minimum atomic E-state index is 0.670. The van der Waals surface area contributed by atoms with Crippen molar-refractivity contribution in [1.82, 2.24) is 30.0 Å². The molecule has 0 aliphatic heterocycles. The fourth-order valence-corrected chi connectivity index (χ4v) is 3.99. The molecule has 7 heteroatoms. The van der Waals surface area contributed by atoms with Gasteiger partial charge in [0.25, 0.3) is 0 Å². The lowest BCUT2D eigenvalue weighted by atomic mass is 10.0. The summed E-state index contributed by atoms with van der Waals surface area (Å²) in [6.45, 7) is 8.19. The number of H-pyrrole nitrogens is 2. The van der Waals surface area contributed by atoms with Crippen molar-refractivity contribution in [3.05, 3.63) is 84.9 Å². The molecule has 0 amide bonds. The highest BCUT2D eigenvalue weighted by molar-refractivity contribution is 6.00. The number of aromatic amines is 2. The molecule has 0 saturated carbocycles. The Balaban J connectivity index is 1.62. The van der Waals surface area contributed by atoms with Gasteiger partial charge in [-0.15, -0.1) is 0 Å². The summed E-state index contributed by atoms with van der Waals surface area (Å²) in [4.78, 5) is 14.6. The van der Waals surface area contributed by atoms with E-state index in [0.717, 1.165) is 67.6 Å². The summed E-state index contributed by atoms with van der Waals surface area (Å²) >= 11 is 0. The summed E-state index contributed by atoms with van der Waals surface area (Å²) in [6.07, 6.45) is 14.1. The zero-order valence-electron chi connectivity index (χ0n) is 20.4. The largest absolute Gasteiger partial charge is 0.472 e. The molecular formula is C28H28N6O. The van der Waals surface area contributed by atoms with Crippen LogP contribution in [0.3, 0.4) is 0 Å². The third-order valence-corrected chi connectivity index (χ3v) is 6.13. The van der Waals surface area contributed by atoms with Gasteiger partial charge in [0.05, 0.1) is 35.6 Å². The third kappa shape index (κ3) is 4.40. The zero-order valence-corrected chi connectivity index (χ0v) is 20.4. The molecule has 5 aromatic rings. The van der Waals surface area contributed by atoms with E-state index in [0.29, 0.717) is 5.65 Å². The van der Waals surface area contributed by atoms with Crippen molar-refractivity contribution in [2.45, 2.75) is 20.3 Å². The van der Waals surface area contributed by atoms with E-state index in [1.54, 1.807) is 12.5 Å². The van der Waals surface area contributed by atoms with Gasteiger partial charge in [-0.25, -0.2) is 4.98 Å². The average Bonchev–Trinajstić information content (AvgIpc) is 3.59. The van der Waals surface area contributed by atoms with Crippen LogP contribution in [0.4, 0.5) is 0 Å². The van der Waals surface area contributed by atoms with Gasteiger partial charge in [0.15, 0.2) is 5.65 Å². The molecule has 0 radical (unpaired) electrons. The number of hydrogen-bond acceptors (Lipinski definition) is 5. The lowest BCUT2D eigenvalue weighted by Gasteiger charge is -2.14. The summed E-state index contributed by atoms with van der Waals surface area (Å²) in [6, 6.07) is 6.20. The van der Waals surface area contributed by atoms with E-state index in [2.05, 4.69) is 67.8 Å². The molecule has 0 aliphatic carbocycles. The highest BCUT2D eigenvalue weighted by Gasteiger charge is 2.15. The molecule has 176 valence electrons. The van der Waals surface area contributed by atoms with E-state index >= 15 is 0 Å². The molecule has 0 aliphatic rings. The Bertz CT molecular complexity index is 1580. The normalized spacial score (nSPS) is 12.6. The molecule has 0 fully saturated rings. The third-order valence-electron chi connectivity index (χ3n) is 6.13. The van der Waals surface area contributed by atoms with Crippen molar-refractivity contribution in [3.8, 4) is 22.5 Å². The van der Waals surface area contributed by atoms with E-state index in [4.69, 9.17) is 4.42 Å². The molecule has 5 rings (SSSR count). The van der Waals surface area contributed by atoms with Crippen LogP contribution in [0, 0.1) is 0 Å². The number of aromatic nitrogens is 5. The maximum atomic E-state index is 5.29. The second-order valence-electron chi connectivity index (χ2n) is 9.04. The molecular weight excluding hydrogens is 436 g/mol. The highest BCUT2D eigenvalue weighted by atomic mass is 16.3. The maximum absolute atomic E-state index is 5.29. The van der Waals surface area contributed by atoms with Crippen molar-refractivity contribution >= 4 is 27.5 Å². The van der Waals surface area contributed by atoms with Crippen LogP contribution in [-0.2, 0) is 0 Å². The van der Waals surface area contributed by atoms with Crippen LogP contribution in [-0.4, -0.2) is 44.1 Å². The van der Waals surface area contributed by atoms with Crippen LogP contribution < -0.4 is 0 Å². The SMILES string of the molecule is C=C(C)C/C=C(\C=C(/C)N(C)C)c1cnc2n[nH]c(-c3cc4c(-c5ccoc5)cncc4[nH]3)c2c1. The number of furan rings is 1. The van der Waals surface area contributed by atoms with Gasteiger partial charge in [0, 0.05) is 59.6 Å². The average molecular weight is 465 g/mol. The van der Waals surface area contributed by atoms with Crippen LogP contribution in [0.2, 0.25) is 0 Å². The predicted molar refractivity (Wildman–Crippen MR) is 142 cm³/mol. The molecule has 0 aromatic carbocycles. The predicted octanol–water partition coefficient (Wildman–Crippen LogP) is 6.58. The van der Waals surface area contributed by atoms with Crippen molar-refractivity contribution in [3.63, 3.8) is 0 Å². The Kier molecular flexibility index (Phi) is 5.82. The second-order valence-corrected chi connectivity index (χ2v) is 9.04. The standard InChI is InChI=1S/C28H28N6O/c1-17(2)6-7-19(10-18(3)34(4)5)21-11-23-27(32-33-28(23)30-13-21)25-12-22-24(20-8-9-35-16-20)14-29-15-26(22)31-25/h7-16,31H,1,6H2,2-5H3,(H,30,32,33)/b18-10+,19-7+. The lowest BCUT2D eigenvalue weighted by Crippen LogP contribution is -2.08. The molecule has 0 atom stereocenters. The summed E-state index contributed by atoms with van der Waals surface area (Å²) in [5.74, 6) is 0. The minimum Gasteiger partial charge on any atom is -0.472 e. The number of rotatable bonds is 7. The van der Waals surface area contributed by atoms with Crippen LogP contribution >= 0.6 is 0 Å². The Morgan fingerprint density at radius 1 is 1.14 bits per heavy atom. The van der Waals surface area contributed by atoms with Crippen LogP contribution in [0.5, 0.6) is 0 Å². The zero-order chi connectivity index (χ0) is 24.5.